The zero-order chi connectivity index (χ0) is 35.1. The molecule has 4 aromatic heterocycles. The van der Waals surface area contributed by atoms with Gasteiger partial charge in [0, 0.05) is 80.2 Å². The maximum atomic E-state index is 10.5. The average molecular weight is 681 g/mol. The summed E-state index contributed by atoms with van der Waals surface area (Å²) in [4.78, 5) is 13.6. The lowest BCUT2D eigenvalue weighted by molar-refractivity contribution is 0.475. The average Bonchev–Trinajstić information content (AvgIpc) is 3.95. The summed E-state index contributed by atoms with van der Waals surface area (Å²) < 4.78 is 0. The molecule has 8 heteroatoms. The Balaban J connectivity index is 1.15. The molecule has 0 amide bonds. The molecule has 0 aliphatic carbocycles. The van der Waals surface area contributed by atoms with Crippen LogP contribution in [0.15, 0.2) is 134 Å². The predicted octanol–water partition coefficient (Wildman–Crippen LogP) is 9.95. The molecule has 4 heterocycles. The summed E-state index contributed by atoms with van der Waals surface area (Å²) >= 11 is 0. The molecule has 0 atom stereocenters. The van der Waals surface area contributed by atoms with E-state index in [4.69, 9.17) is 0 Å². The van der Waals surface area contributed by atoms with Crippen LogP contribution < -0.4 is 0 Å². The van der Waals surface area contributed by atoms with Crippen LogP contribution in [0.3, 0.4) is 0 Å². The maximum absolute atomic E-state index is 10.5. The van der Waals surface area contributed by atoms with Gasteiger partial charge in [0.05, 0.1) is 0 Å². The van der Waals surface area contributed by atoms with E-state index < -0.39 is 0 Å². The highest BCUT2D eigenvalue weighted by molar-refractivity contribution is 5.93. The Morgan fingerprint density at radius 2 is 0.615 bits per heavy atom. The third kappa shape index (κ3) is 4.69. The van der Waals surface area contributed by atoms with Crippen molar-refractivity contribution in [2.45, 2.75) is 11.8 Å². The van der Waals surface area contributed by atoms with Gasteiger partial charge in [-0.1, -0.05) is 36.4 Å². The zero-order valence-electron chi connectivity index (χ0n) is 27.6. The lowest BCUT2D eigenvalue weighted by Gasteiger charge is -2.20. The van der Waals surface area contributed by atoms with Gasteiger partial charge in [0.15, 0.2) is 0 Å². The van der Waals surface area contributed by atoms with Crippen LogP contribution in [0.25, 0.3) is 54.4 Å². The lowest BCUT2D eigenvalue weighted by atomic mass is 9.82. The van der Waals surface area contributed by atoms with Crippen LogP contribution in [0.5, 0.6) is 23.0 Å². The summed E-state index contributed by atoms with van der Waals surface area (Å²) in [7, 11) is 0. The second kappa shape index (κ2) is 11.2. The van der Waals surface area contributed by atoms with Crippen LogP contribution in [0.2, 0.25) is 0 Å². The first kappa shape index (κ1) is 29.8. The smallest absolute Gasteiger partial charge is 0.116 e. The Bertz CT molecular complexity index is 2640. The van der Waals surface area contributed by atoms with Gasteiger partial charge in [-0.15, -0.1) is 0 Å². The minimum atomic E-state index is -0.222. The van der Waals surface area contributed by atoms with Crippen LogP contribution in [0.4, 0.5) is 0 Å². The molecule has 0 fully saturated rings. The summed E-state index contributed by atoms with van der Waals surface area (Å²) in [6.07, 6.45) is 8.02. The van der Waals surface area contributed by atoms with Gasteiger partial charge in [0.1, 0.15) is 23.0 Å². The Kier molecular flexibility index (Phi) is 6.44. The predicted molar refractivity (Wildman–Crippen MR) is 206 cm³/mol. The van der Waals surface area contributed by atoms with E-state index in [9.17, 15) is 20.4 Å². The van der Waals surface area contributed by atoms with Crippen LogP contribution in [-0.2, 0) is 0 Å². The molecule has 0 aliphatic heterocycles. The normalized spacial score (nSPS) is 12.1. The molecular weight excluding hydrogens is 649 g/mol. The summed E-state index contributed by atoms with van der Waals surface area (Å²) in [5.74, 6) is 0.335. The van der Waals surface area contributed by atoms with Crippen LogP contribution >= 0.6 is 0 Å². The molecule has 0 saturated heterocycles. The zero-order valence-corrected chi connectivity index (χ0v) is 27.6. The van der Waals surface area contributed by atoms with Crippen LogP contribution in [0.1, 0.15) is 45.2 Å². The van der Waals surface area contributed by atoms with Crippen molar-refractivity contribution in [2.24, 2.45) is 0 Å². The number of benzene rings is 6. The van der Waals surface area contributed by atoms with Crippen molar-refractivity contribution in [2.75, 3.05) is 0 Å². The molecule has 0 bridgehead atoms. The number of aromatic nitrogens is 4. The topological polar surface area (TPSA) is 144 Å². The highest BCUT2D eigenvalue weighted by atomic mass is 16.3. The second-order valence-corrected chi connectivity index (χ2v) is 13.6. The Labute approximate surface area is 296 Å². The Morgan fingerprint density at radius 3 is 0.904 bits per heavy atom. The lowest BCUT2D eigenvalue weighted by Crippen LogP contribution is -2.04. The molecule has 6 aromatic carbocycles. The number of H-pyrrole nitrogens is 4. The number of rotatable bonds is 6. The van der Waals surface area contributed by atoms with Crippen molar-refractivity contribution in [3.63, 3.8) is 0 Å². The van der Waals surface area contributed by atoms with E-state index >= 15 is 0 Å². The van der Waals surface area contributed by atoms with Crippen molar-refractivity contribution in [3.8, 4) is 23.0 Å². The first-order valence-electron chi connectivity index (χ1n) is 17.1. The van der Waals surface area contributed by atoms with E-state index in [1.54, 1.807) is 48.5 Å². The molecule has 0 unspecified atom stereocenters. The number of hydrogen-bond donors (Lipinski definition) is 8. The van der Waals surface area contributed by atoms with Gasteiger partial charge >= 0.3 is 0 Å². The van der Waals surface area contributed by atoms with Crippen molar-refractivity contribution < 1.29 is 20.4 Å². The molecule has 8 nitrogen and oxygen atoms in total. The van der Waals surface area contributed by atoms with E-state index in [1.807, 2.05) is 49.1 Å². The van der Waals surface area contributed by atoms with E-state index in [0.29, 0.717) is 0 Å². The summed E-state index contributed by atoms with van der Waals surface area (Å²) in [5, 5.41) is 47.7. The minimum absolute atomic E-state index is 0.195. The van der Waals surface area contributed by atoms with Gasteiger partial charge < -0.3 is 40.4 Å². The fourth-order valence-electron chi connectivity index (χ4n) is 8.17. The fourth-order valence-corrected chi connectivity index (χ4v) is 8.17. The van der Waals surface area contributed by atoms with Gasteiger partial charge in [0.25, 0.3) is 0 Å². The molecule has 0 radical (unpaired) electrons. The standard InChI is InChI=1S/C44H32N4O4/c49-27-5-9-39-31(15-27)35(19-45-39)43(36-20-46-40-10-6-28(50)16-32(36)40)25-3-1-23-13-26(4-2-24(23)14-25)44(37-21-47-41-11-7-29(51)17-33(37)41)38-22-48-42-12-8-30(52)18-34(38)42/h1-22,43-52H. The minimum Gasteiger partial charge on any atom is -0.508 e. The molecule has 0 spiro atoms. The third-order valence-electron chi connectivity index (χ3n) is 10.6. The van der Waals surface area contributed by atoms with Gasteiger partial charge in [0.2, 0.25) is 0 Å². The van der Waals surface area contributed by atoms with Crippen LogP contribution in [-0.4, -0.2) is 40.4 Å². The van der Waals surface area contributed by atoms with Crippen molar-refractivity contribution in [1.29, 1.82) is 0 Å². The van der Waals surface area contributed by atoms with E-state index in [2.05, 4.69) is 56.3 Å². The van der Waals surface area contributed by atoms with Crippen molar-refractivity contribution in [3.05, 3.63) is 167 Å². The molecule has 10 rings (SSSR count). The number of phenolic OH excluding ortho intramolecular Hbond substituents is 4. The van der Waals surface area contributed by atoms with Gasteiger partial charge in [-0.25, -0.2) is 0 Å². The first-order chi connectivity index (χ1) is 25.4. The highest BCUT2D eigenvalue weighted by Gasteiger charge is 2.26. The van der Waals surface area contributed by atoms with Gasteiger partial charge in [-0.2, -0.15) is 0 Å². The molecule has 8 N–H and O–H groups in total. The molecule has 52 heavy (non-hydrogen) atoms. The number of phenols is 4. The largest absolute Gasteiger partial charge is 0.508 e. The summed E-state index contributed by atoms with van der Waals surface area (Å²) in [6.45, 7) is 0. The second-order valence-electron chi connectivity index (χ2n) is 13.6. The molecular formula is C44H32N4O4. The number of fused-ring (bicyclic) bond motifs is 5. The van der Waals surface area contributed by atoms with Gasteiger partial charge in [-0.3, -0.25) is 0 Å². The van der Waals surface area contributed by atoms with Crippen molar-refractivity contribution in [1.82, 2.24) is 19.9 Å². The SMILES string of the molecule is Oc1ccc2[nH]cc(C(c3ccc4cc(C(c5c[nH]c6ccc(O)cc56)c5c[nH]c6ccc(O)cc56)ccc4c3)c3c[nH]c4ccc(O)cc34)c2c1. The van der Waals surface area contributed by atoms with E-state index in [1.165, 1.54) is 0 Å². The summed E-state index contributed by atoms with van der Waals surface area (Å²) in [6, 6.07) is 34.5. The molecule has 10 aromatic rings. The quantitative estimate of drug-likeness (QED) is 0.0884. The molecule has 0 saturated carbocycles. The summed E-state index contributed by atoms with van der Waals surface area (Å²) in [5.41, 5.74) is 9.86. The highest BCUT2D eigenvalue weighted by Crippen LogP contribution is 2.44. The Hall–Kier alpha value is -7.06. The van der Waals surface area contributed by atoms with Crippen molar-refractivity contribution >= 4 is 54.4 Å². The first-order valence-corrected chi connectivity index (χ1v) is 17.1. The third-order valence-corrected chi connectivity index (χ3v) is 10.6. The van der Waals surface area contributed by atoms with E-state index in [-0.39, 0.29) is 34.8 Å². The number of nitrogens with one attached hydrogen (secondary N) is 4. The fraction of sp³-hybridized carbons (Fsp3) is 0.0455. The molecule has 0 aliphatic rings. The molecule has 252 valence electrons. The van der Waals surface area contributed by atoms with E-state index in [0.717, 1.165) is 87.8 Å². The number of hydrogen-bond acceptors (Lipinski definition) is 4. The van der Waals surface area contributed by atoms with Gasteiger partial charge in [-0.05, 0) is 117 Å². The number of aromatic amines is 4. The Morgan fingerprint density at radius 1 is 0.327 bits per heavy atom. The number of aromatic hydroxyl groups is 4. The maximum Gasteiger partial charge on any atom is 0.116 e. The monoisotopic (exact) mass is 680 g/mol. The van der Waals surface area contributed by atoms with Crippen LogP contribution in [0, 0.1) is 0 Å².